The summed E-state index contributed by atoms with van der Waals surface area (Å²) in [6, 6.07) is 10.9. The minimum atomic E-state index is -0.399. The molecule has 4 unspecified atom stereocenters. The topological polar surface area (TPSA) is 23.5 Å². The van der Waals surface area contributed by atoms with Gasteiger partial charge in [0.15, 0.2) is 0 Å². The van der Waals surface area contributed by atoms with Gasteiger partial charge in [-0.1, -0.05) is 51.1 Å². The molecule has 0 saturated carbocycles. The zero-order valence-corrected chi connectivity index (χ0v) is 13.3. The number of aliphatic hydroxyl groups is 1. The van der Waals surface area contributed by atoms with Gasteiger partial charge in [0.25, 0.3) is 0 Å². The molecular weight excluding hydrogens is 246 g/mol. The van der Waals surface area contributed by atoms with Crippen molar-refractivity contribution in [3.05, 3.63) is 35.9 Å². The molecule has 1 N–H and O–H groups in total. The second-order valence-electron chi connectivity index (χ2n) is 6.69. The van der Waals surface area contributed by atoms with Crippen LogP contribution in [0.4, 0.5) is 0 Å². The number of rotatable bonds is 4. The first-order valence-corrected chi connectivity index (χ1v) is 8.01. The summed E-state index contributed by atoms with van der Waals surface area (Å²) in [7, 11) is 0. The Hall–Kier alpha value is -0.860. The third kappa shape index (κ3) is 3.24. The zero-order chi connectivity index (χ0) is 14.7. The van der Waals surface area contributed by atoms with Crippen molar-refractivity contribution in [1.29, 1.82) is 0 Å². The van der Waals surface area contributed by atoms with Gasteiger partial charge in [-0.3, -0.25) is 4.90 Å². The fourth-order valence-electron chi connectivity index (χ4n) is 3.56. The van der Waals surface area contributed by atoms with E-state index in [4.69, 9.17) is 0 Å². The summed E-state index contributed by atoms with van der Waals surface area (Å²) in [5.74, 6) is 1.16. The van der Waals surface area contributed by atoms with Gasteiger partial charge in [0, 0.05) is 12.1 Å². The van der Waals surface area contributed by atoms with Crippen molar-refractivity contribution < 1.29 is 5.11 Å². The molecule has 20 heavy (non-hydrogen) atoms. The molecule has 0 bridgehead atoms. The molecule has 1 saturated heterocycles. The minimum absolute atomic E-state index is 0.204. The first-order chi connectivity index (χ1) is 9.52. The van der Waals surface area contributed by atoms with Gasteiger partial charge >= 0.3 is 0 Å². The molecule has 2 nitrogen and oxygen atoms in total. The molecule has 0 radical (unpaired) electrons. The van der Waals surface area contributed by atoms with Gasteiger partial charge < -0.3 is 5.11 Å². The first kappa shape index (κ1) is 15.5. The number of hydrogen-bond acceptors (Lipinski definition) is 2. The van der Waals surface area contributed by atoms with Crippen LogP contribution in [0, 0.1) is 11.8 Å². The van der Waals surface area contributed by atoms with Gasteiger partial charge in [0.2, 0.25) is 0 Å². The van der Waals surface area contributed by atoms with Crippen LogP contribution in [0.15, 0.2) is 30.3 Å². The second kappa shape index (κ2) is 6.73. The van der Waals surface area contributed by atoms with Crippen molar-refractivity contribution >= 4 is 0 Å². The highest BCUT2D eigenvalue weighted by atomic mass is 16.3. The Morgan fingerprint density at radius 3 is 2.40 bits per heavy atom. The van der Waals surface area contributed by atoms with Crippen LogP contribution in [0.2, 0.25) is 0 Å². The molecule has 0 aliphatic carbocycles. The third-order valence-electron chi connectivity index (χ3n) is 4.95. The van der Waals surface area contributed by atoms with Crippen LogP contribution in [0.3, 0.4) is 0 Å². The fraction of sp³-hybridized carbons (Fsp3) is 0.667. The Morgan fingerprint density at radius 1 is 1.15 bits per heavy atom. The zero-order valence-electron chi connectivity index (χ0n) is 13.3. The highest BCUT2D eigenvalue weighted by Gasteiger charge is 2.36. The van der Waals surface area contributed by atoms with Crippen LogP contribution < -0.4 is 0 Å². The Morgan fingerprint density at radius 2 is 1.80 bits per heavy atom. The molecule has 0 amide bonds. The van der Waals surface area contributed by atoms with E-state index in [1.165, 1.54) is 12.8 Å². The van der Waals surface area contributed by atoms with Crippen LogP contribution >= 0.6 is 0 Å². The monoisotopic (exact) mass is 275 g/mol. The van der Waals surface area contributed by atoms with Crippen molar-refractivity contribution in [2.24, 2.45) is 11.8 Å². The lowest BCUT2D eigenvalue weighted by atomic mass is 9.85. The lowest BCUT2D eigenvalue weighted by Crippen LogP contribution is -2.52. The highest BCUT2D eigenvalue weighted by Crippen LogP contribution is 2.33. The van der Waals surface area contributed by atoms with E-state index in [0.29, 0.717) is 17.9 Å². The lowest BCUT2D eigenvalue weighted by molar-refractivity contribution is -0.0263. The van der Waals surface area contributed by atoms with Crippen LogP contribution in [0.1, 0.15) is 52.2 Å². The van der Waals surface area contributed by atoms with E-state index in [0.717, 1.165) is 12.1 Å². The molecule has 4 atom stereocenters. The predicted molar refractivity (Wildman–Crippen MR) is 84.6 cm³/mol. The average molecular weight is 275 g/mol. The van der Waals surface area contributed by atoms with Gasteiger partial charge in [0.1, 0.15) is 0 Å². The van der Waals surface area contributed by atoms with Crippen molar-refractivity contribution in [3.8, 4) is 0 Å². The molecule has 112 valence electrons. The van der Waals surface area contributed by atoms with Crippen molar-refractivity contribution in [3.63, 3.8) is 0 Å². The van der Waals surface area contributed by atoms with Gasteiger partial charge in [-0.25, -0.2) is 0 Å². The van der Waals surface area contributed by atoms with Gasteiger partial charge in [-0.2, -0.15) is 0 Å². The fourth-order valence-corrected chi connectivity index (χ4v) is 3.56. The smallest absolute Gasteiger partial charge is 0.0947 e. The summed E-state index contributed by atoms with van der Waals surface area (Å²) in [6.07, 6.45) is 2.16. The van der Waals surface area contributed by atoms with Gasteiger partial charge in [0.05, 0.1) is 6.10 Å². The van der Waals surface area contributed by atoms with E-state index < -0.39 is 6.10 Å². The molecule has 1 aromatic carbocycles. The largest absolute Gasteiger partial charge is 0.387 e. The van der Waals surface area contributed by atoms with Gasteiger partial charge in [-0.05, 0) is 43.7 Å². The van der Waals surface area contributed by atoms with Crippen LogP contribution in [-0.2, 0) is 0 Å². The summed E-state index contributed by atoms with van der Waals surface area (Å²) >= 11 is 0. The molecule has 0 aromatic heterocycles. The van der Waals surface area contributed by atoms with E-state index in [-0.39, 0.29) is 6.04 Å². The molecule has 1 aliphatic heterocycles. The predicted octanol–water partition coefficient (Wildman–Crippen LogP) is 3.87. The number of nitrogens with zero attached hydrogens (tertiary/aromatic N) is 1. The number of aliphatic hydroxyl groups excluding tert-OH is 1. The van der Waals surface area contributed by atoms with Crippen molar-refractivity contribution in [2.75, 3.05) is 6.54 Å². The van der Waals surface area contributed by atoms with Gasteiger partial charge in [-0.15, -0.1) is 0 Å². The first-order valence-electron chi connectivity index (χ1n) is 8.01. The van der Waals surface area contributed by atoms with E-state index >= 15 is 0 Å². The van der Waals surface area contributed by atoms with Crippen LogP contribution in [-0.4, -0.2) is 28.6 Å². The van der Waals surface area contributed by atoms with Crippen molar-refractivity contribution in [2.45, 2.75) is 58.7 Å². The quantitative estimate of drug-likeness (QED) is 0.902. The second-order valence-corrected chi connectivity index (χ2v) is 6.69. The Bertz CT molecular complexity index is 403. The van der Waals surface area contributed by atoms with Crippen LogP contribution in [0.5, 0.6) is 0 Å². The molecule has 1 heterocycles. The standard InChI is InChI=1S/C18H29NO/c1-13(2)17(18(20)16-10-6-5-7-11-16)19-12-8-9-14(3)15(19)4/h5-7,10-11,13-15,17-18,20H,8-9,12H2,1-4H3. The maximum absolute atomic E-state index is 10.9. The molecule has 2 heteroatoms. The minimum Gasteiger partial charge on any atom is -0.387 e. The molecule has 0 spiro atoms. The molecule has 1 aromatic rings. The number of benzene rings is 1. The lowest BCUT2D eigenvalue weighted by Gasteiger charge is -2.46. The van der Waals surface area contributed by atoms with E-state index in [9.17, 15) is 5.11 Å². The number of hydrogen-bond donors (Lipinski definition) is 1. The van der Waals surface area contributed by atoms with E-state index in [1.54, 1.807) is 0 Å². The average Bonchev–Trinajstić information content (AvgIpc) is 2.44. The summed E-state index contributed by atoms with van der Waals surface area (Å²) in [5, 5.41) is 10.9. The van der Waals surface area contributed by atoms with Crippen molar-refractivity contribution in [1.82, 2.24) is 4.90 Å². The summed E-state index contributed by atoms with van der Waals surface area (Å²) < 4.78 is 0. The molecule has 1 fully saturated rings. The summed E-state index contributed by atoms with van der Waals surface area (Å²) in [4.78, 5) is 2.54. The van der Waals surface area contributed by atoms with E-state index in [1.807, 2.05) is 30.3 Å². The Balaban J connectivity index is 2.22. The number of likely N-dealkylation sites (tertiary alicyclic amines) is 1. The Kier molecular flexibility index (Phi) is 5.22. The normalized spacial score (nSPS) is 27.5. The summed E-state index contributed by atoms with van der Waals surface area (Å²) in [6.45, 7) is 10.2. The maximum atomic E-state index is 10.9. The van der Waals surface area contributed by atoms with Crippen LogP contribution in [0.25, 0.3) is 0 Å². The van der Waals surface area contributed by atoms with E-state index in [2.05, 4.69) is 32.6 Å². The Labute approximate surface area is 123 Å². The SMILES string of the molecule is CC(C)C(C(O)c1ccccc1)N1CCCC(C)C1C. The third-order valence-corrected chi connectivity index (χ3v) is 4.95. The highest BCUT2D eigenvalue weighted by molar-refractivity contribution is 5.19. The number of piperidine rings is 1. The maximum Gasteiger partial charge on any atom is 0.0947 e. The molecule has 1 aliphatic rings. The summed E-state index contributed by atoms with van der Waals surface area (Å²) in [5.41, 5.74) is 1.04. The molecular formula is C18H29NO. The molecule has 2 rings (SSSR count).